The number of aromatic amines is 1. The van der Waals surface area contributed by atoms with Gasteiger partial charge in [0.15, 0.2) is 5.41 Å². The fraction of sp³-hybridized carbons (Fsp3) is 0.400. The zero-order valence-corrected chi connectivity index (χ0v) is 17.5. The van der Waals surface area contributed by atoms with Gasteiger partial charge >= 0.3 is 0 Å². The summed E-state index contributed by atoms with van der Waals surface area (Å²) in [6, 6.07) is 14.6. The van der Waals surface area contributed by atoms with Crippen molar-refractivity contribution in [3.8, 4) is 18.2 Å². The molecule has 2 aliphatic carbocycles. The first kappa shape index (κ1) is 19.8. The molecule has 0 saturated heterocycles. The Bertz CT molecular complexity index is 1190. The molecule has 30 heavy (non-hydrogen) atoms. The molecule has 0 spiro atoms. The summed E-state index contributed by atoms with van der Waals surface area (Å²) >= 11 is 0. The number of rotatable bonds is 1. The number of benzene rings is 1. The average Bonchev–Trinajstić information content (AvgIpc) is 3.15. The molecule has 0 amide bonds. The third-order valence-corrected chi connectivity index (χ3v) is 7.06. The van der Waals surface area contributed by atoms with Crippen LogP contribution in [-0.4, -0.2) is 4.98 Å². The monoisotopic (exact) mass is 395 g/mol. The Morgan fingerprint density at radius 3 is 2.47 bits per heavy atom. The third-order valence-electron chi connectivity index (χ3n) is 7.06. The zero-order chi connectivity index (χ0) is 21.7. The van der Waals surface area contributed by atoms with Crippen LogP contribution in [0.5, 0.6) is 0 Å². The van der Waals surface area contributed by atoms with E-state index >= 15 is 0 Å². The normalized spacial score (nSPS) is 25.6. The van der Waals surface area contributed by atoms with Crippen molar-refractivity contribution in [1.29, 1.82) is 15.8 Å². The lowest BCUT2D eigenvalue weighted by Gasteiger charge is -2.46. The molecular weight excluding hydrogens is 370 g/mol. The van der Waals surface area contributed by atoms with E-state index in [-0.39, 0.29) is 17.0 Å². The van der Waals surface area contributed by atoms with Gasteiger partial charge in [0.25, 0.3) is 0 Å². The van der Waals surface area contributed by atoms with Gasteiger partial charge in [-0.2, -0.15) is 15.8 Å². The second-order valence-corrected chi connectivity index (χ2v) is 9.50. The number of nitrogens with zero attached hydrogens (tertiary/aromatic N) is 3. The van der Waals surface area contributed by atoms with Crippen molar-refractivity contribution in [2.45, 2.75) is 39.5 Å². The molecule has 0 saturated carbocycles. The first-order valence-corrected chi connectivity index (χ1v) is 10.3. The molecule has 3 N–H and O–H groups in total. The summed E-state index contributed by atoms with van der Waals surface area (Å²) in [7, 11) is 0. The molecular formula is C25H25N5. The van der Waals surface area contributed by atoms with E-state index in [2.05, 4.69) is 50.0 Å². The molecule has 0 radical (unpaired) electrons. The maximum Gasteiger partial charge on any atom is 0.191 e. The fourth-order valence-electron chi connectivity index (χ4n) is 5.29. The summed E-state index contributed by atoms with van der Waals surface area (Å²) in [4.78, 5) is 3.29. The summed E-state index contributed by atoms with van der Waals surface area (Å²) in [6.07, 6.45) is 5.70. The Balaban J connectivity index is 2.03. The summed E-state index contributed by atoms with van der Waals surface area (Å²) in [5.74, 6) is -0.186. The van der Waals surface area contributed by atoms with Crippen LogP contribution in [0.15, 0.2) is 53.4 Å². The van der Waals surface area contributed by atoms with Crippen LogP contribution in [0.1, 0.15) is 45.1 Å². The van der Waals surface area contributed by atoms with Crippen LogP contribution in [0.2, 0.25) is 0 Å². The number of nitrogens with two attached hydrogens (primary N) is 1. The van der Waals surface area contributed by atoms with Crippen molar-refractivity contribution in [2.75, 3.05) is 0 Å². The molecule has 1 aromatic carbocycles. The topological polar surface area (TPSA) is 113 Å². The molecule has 0 bridgehead atoms. The van der Waals surface area contributed by atoms with Gasteiger partial charge in [-0.05, 0) is 47.3 Å². The van der Waals surface area contributed by atoms with E-state index in [9.17, 15) is 15.8 Å². The molecule has 3 atom stereocenters. The number of H-pyrrole nitrogens is 1. The molecule has 0 aliphatic heterocycles. The lowest BCUT2D eigenvalue weighted by molar-refractivity contribution is 0.170. The van der Waals surface area contributed by atoms with E-state index in [1.54, 1.807) is 0 Å². The average molecular weight is 396 g/mol. The second kappa shape index (κ2) is 6.79. The Kier molecular flexibility index (Phi) is 4.48. The van der Waals surface area contributed by atoms with Crippen molar-refractivity contribution in [2.24, 2.45) is 28.4 Å². The van der Waals surface area contributed by atoms with E-state index in [1.165, 1.54) is 0 Å². The molecule has 5 nitrogen and oxygen atoms in total. The fourth-order valence-corrected chi connectivity index (χ4v) is 5.29. The number of nitrogens with one attached hydrogen (secondary N) is 1. The first-order chi connectivity index (χ1) is 14.3. The van der Waals surface area contributed by atoms with Crippen molar-refractivity contribution < 1.29 is 0 Å². The van der Waals surface area contributed by atoms with Crippen molar-refractivity contribution in [3.05, 3.63) is 58.9 Å². The third kappa shape index (κ3) is 2.65. The van der Waals surface area contributed by atoms with Crippen LogP contribution >= 0.6 is 0 Å². The lowest BCUT2D eigenvalue weighted by Crippen LogP contribution is -2.44. The van der Waals surface area contributed by atoms with E-state index in [0.29, 0.717) is 11.5 Å². The molecule has 2 aliphatic rings. The number of allylic oxidation sites excluding steroid dienone is 4. The zero-order valence-electron chi connectivity index (χ0n) is 17.5. The minimum Gasteiger partial charge on any atom is -0.399 e. The smallest absolute Gasteiger partial charge is 0.191 e. The summed E-state index contributed by atoms with van der Waals surface area (Å²) in [6.45, 7) is 6.66. The Morgan fingerprint density at radius 1 is 1.13 bits per heavy atom. The van der Waals surface area contributed by atoms with Gasteiger partial charge in [-0.1, -0.05) is 45.0 Å². The van der Waals surface area contributed by atoms with Crippen LogP contribution in [0.25, 0.3) is 10.9 Å². The van der Waals surface area contributed by atoms with Crippen molar-refractivity contribution in [1.82, 2.24) is 4.98 Å². The van der Waals surface area contributed by atoms with Crippen molar-refractivity contribution in [3.63, 3.8) is 0 Å². The Hall–Kier alpha value is -3.49. The van der Waals surface area contributed by atoms with E-state index in [4.69, 9.17) is 5.73 Å². The number of hydrogen-bond acceptors (Lipinski definition) is 4. The largest absolute Gasteiger partial charge is 0.399 e. The van der Waals surface area contributed by atoms with Gasteiger partial charge in [0.1, 0.15) is 6.07 Å². The predicted octanol–water partition coefficient (Wildman–Crippen LogP) is 5.03. The molecule has 4 rings (SSSR count). The number of para-hydroxylation sites is 1. The summed E-state index contributed by atoms with van der Waals surface area (Å²) < 4.78 is 0. The number of nitriles is 3. The van der Waals surface area contributed by atoms with E-state index in [1.807, 2.05) is 30.5 Å². The molecule has 2 aromatic rings. The van der Waals surface area contributed by atoms with E-state index in [0.717, 1.165) is 34.9 Å². The highest BCUT2D eigenvalue weighted by molar-refractivity contribution is 5.84. The highest BCUT2D eigenvalue weighted by Crippen LogP contribution is 2.58. The number of fused-ring (bicyclic) bond motifs is 2. The highest BCUT2D eigenvalue weighted by atomic mass is 14.7. The molecule has 0 fully saturated rings. The van der Waals surface area contributed by atoms with Crippen LogP contribution in [0, 0.1) is 56.7 Å². The molecule has 3 unspecified atom stereocenters. The quantitative estimate of drug-likeness (QED) is 0.704. The minimum atomic E-state index is -1.59. The summed E-state index contributed by atoms with van der Waals surface area (Å²) in [5.41, 5.74) is 8.08. The molecule has 150 valence electrons. The standard InChI is InChI=1S/C25H25N5/c1-24(2,3)15-8-9-16-18(10-15)22(20-12-30-21-7-5-4-6-17(20)21)25(13-27,14-28)23(29)19(16)11-26/h4-7,9,12,15,18,22,30H,8,10,29H2,1-3H3. The maximum absolute atomic E-state index is 10.3. The van der Waals surface area contributed by atoms with Crippen LogP contribution in [0.3, 0.4) is 0 Å². The van der Waals surface area contributed by atoms with Gasteiger partial charge < -0.3 is 10.7 Å². The Morgan fingerprint density at radius 2 is 1.83 bits per heavy atom. The first-order valence-electron chi connectivity index (χ1n) is 10.3. The minimum absolute atomic E-state index is 0.0776. The highest BCUT2D eigenvalue weighted by Gasteiger charge is 2.55. The van der Waals surface area contributed by atoms with Gasteiger partial charge in [-0.15, -0.1) is 0 Å². The molecule has 1 heterocycles. The van der Waals surface area contributed by atoms with E-state index < -0.39 is 11.3 Å². The van der Waals surface area contributed by atoms with Gasteiger partial charge in [0, 0.05) is 23.0 Å². The van der Waals surface area contributed by atoms with Gasteiger partial charge in [-0.3, -0.25) is 0 Å². The van der Waals surface area contributed by atoms with Gasteiger partial charge in [0.05, 0.1) is 23.4 Å². The van der Waals surface area contributed by atoms with Gasteiger partial charge in [0.2, 0.25) is 0 Å². The Labute approximate surface area is 177 Å². The summed E-state index contributed by atoms with van der Waals surface area (Å²) in [5, 5.41) is 31.4. The van der Waals surface area contributed by atoms with Crippen LogP contribution in [-0.2, 0) is 0 Å². The van der Waals surface area contributed by atoms with Crippen LogP contribution in [0.4, 0.5) is 0 Å². The second-order valence-electron chi connectivity index (χ2n) is 9.50. The van der Waals surface area contributed by atoms with Gasteiger partial charge in [-0.25, -0.2) is 0 Å². The molecule has 1 aromatic heterocycles. The predicted molar refractivity (Wildman–Crippen MR) is 115 cm³/mol. The van der Waals surface area contributed by atoms with Crippen LogP contribution < -0.4 is 5.73 Å². The molecule has 5 heteroatoms. The lowest BCUT2D eigenvalue weighted by atomic mass is 9.54. The maximum atomic E-state index is 10.3. The SMILES string of the molecule is CC(C)(C)C1CC=C2C(C#N)=C(N)C(C#N)(C#N)C(c3c[nH]c4ccccc34)C2C1. The number of aromatic nitrogens is 1. The number of hydrogen-bond donors (Lipinski definition) is 2. The van der Waals surface area contributed by atoms with Crippen molar-refractivity contribution >= 4 is 10.9 Å².